The van der Waals surface area contributed by atoms with Gasteiger partial charge in [-0.05, 0) is 67.3 Å². The largest absolute Gasteiger partial charge is 0.468 e. The Morgan fingerprint density at radius 2 is 1.49 bits per heavy atom. The number of halogens is 9. The van der Waals surface area contributed by atoms with E-state index < -0.39 is 41.3 Å². The zero-order valence-corrected chi connectivity index (χ0v) is 19.7. The number of hydrogen-bond acceptors (Lipinski definition) is 4. The molecule has 2 N–H and O–H groups in total. The topological polar surface area (TPSA) is 50.4 Å². The number of carbonyl (C=O) groups is 1. The summed E-state index contributed by atoms with van der Waals surface area (Å²) in [4.78, 5) is 9.34. The predicted molar refractivity (Wildman–Crippen MR) is 117 cm³/mol. The Morgan fingerprint density at radius 1 is 0.919 bits per heavy atom. The molecule has 37 heavy (non-hydrogen) atoms. The van der Waals surface area contributed by atoms with Gasteiger partial charge in [-0.1, -0.05) is 6.92 Å². The molecule has 0 bridgehead atoms. The molecular weight excluding hydrogens is 519 g/mol. The van der Waals surface area contributed by atoms with Gasteiger partial charge in [0.05, 0.1) is 23.3 Å². The first-order valence-corrected chi connectivity index (χ1v) is 11.1. The number of rotatable bonds is 6. The van der Waals surface area contributed by atoms with Crippen molar-refractivity contribution >= 4 is 12.2 Å². The number of carbonyl (C=O) groups excluding carboxylic acids is 1. The van der Waals surface area contributed by atoms with Crippen molar-refractivity contribution in [2.45, 2.75) is 63.8 Å². The van der Waals surface area contributed by atoms with E-state index in [0.29, 0.717) is 37.3 Å². The zero-order valence-electron chi connectivity index (χ0n) is 19.7. The Bertz CT molecular complexity index is 1020. The number of anilines is 1. The van der Waals surface area contributed by atoms with Crippen molar-refractivity contribution in [2.75, 3.05) is 11.9 Å². The van der Waals surface area contributed by atoms with Gasteiger partial charge >= 0.3 is 18.5 Å². The van der Waals surface area contributed by atoms with Gasteiger partial charge in [0.1, 0.15) is 0 Å². The lowest BCUT2D eigenvalue weighted by molar-refractivity contribution is -0.143. The van der Waals surface area contributed by atoms with Gasteiger partial charge in [0.25, 0.3) is 6.47 Å². The monoisotopic (exact) mass is 544 g/mol. The quantitative estimate of drug-likeness (QED) is 0.227. The lowest BCUT2D eigenvalue weighted by Gasteiger charge is -2.33. The van der Waals surface area contributed by atoms with E-state index in [0.717, 1.165) is 18.6 Å². The predicted octanol–water partition coefficient (Wildman–Crippen LogP) is 7.35. The number of ether oxygens (including phenoxy) is 1. The van der Waals surface area contributed by atoms with E-state index >= 15 is 0 Å². The van der Waals surface area contributed by atoms with E-state index in [1.807, 2.05) is 6.92 Å². The summed E-state index contributed by atoms with van der Waals surface area (Å²) in [5.41, 5.74) is -3.40. The second kappa shape index (κ2) is 12.1. The van der Waals surface area contributed by atoms with E-state index in [2.05, 4.69) is 15.4 Å². The van der Waals surface area contributed by atoms with E-state index in [-0.39, 0.29) is 29.8 Å². The van der Waals surface area contributed by atoms with Crippen molar-refractivity contribution in [1.29, 1.82) is 0 Å². The molecule has 1 aliphatic rings. The van der Waals surface area contributed by atoms with Crippen molar-refractivity contribution < 1.29 is 49.0 Å². The number of hydrogen-bond donors (Lipinski definition) is 2. The highest BCUT2D eigenvalue weighted by molar-refractivity contribution is 5.57. The number of nitrogens with one attached hydrogen (secondary N) is 2. The first kappa shape index (κ1) is 30.3. The molecule has 3 rings (SSSR count). The van der Waals surface area contributed by atoms with Crippen LogP contribution < -0.4 is 10.6 Å². The third-order valence-electron chi connectivity index (χ3n) is 5.34. The molecule has 0 aliphatic carbocycles. The van der Waals surface area contributed by atoms with Crippen LogP contribution >= 0.6 is 0 Å². The van der Waals surface area contributed by atoms with Gasteiger partial charge in [0.2, 0.25) is 0 Å². The molecule has 0 fully saturated rings. The lowest BCUT2D eigenvalue weighted by atomic mass is 9.91. The molecule has 1 heterocycles. The summed E-state index contributed by atoms with van der Waals surface area (Å²) >= 11 is 0. The molecule has 0 amide bonds. The van der Waals surface area contributed by atoms with Crippen molar-refractivity contribution in [3.05, 3.63) is 64.2 Å². The summed E-state index contributed by atoms with van der Waals surface area (Å²) in [6, 6.07) is 3.45. The van der Waals surface area contributed by atoms with Gasteiger partial charge in [-0.3, -0.25) is 4.79 Å². The fourth-order valence-electron chi connectivity index (χ4n) is 3.69. The molecule has 0 saturated heterocycles. The Labute approximate surface area is 207 Å². The van der Waals surface area contributed by atoms with E-state index in [4.69, 9.17) is 0 Å². The first-order chi connectivity index (χ1) is 17.1. The summed E-state index contributed by atoms with van der Waals surface area (Å²) in [7, 11) is 0. The molecule has 13 heteroatoms. The minimum atomic E-state index is -4.98. The van der Waals surface area contributed by atoms with Crippen molar-refractivity contribution in [3.63, 3.8) is 0 Å². The fourth-order valence-corrected chi connectivity index (χ4v) is 3.69. The van der Waals surface area contributed by atoms with Gasteiger partial charge in [-0.15, -0.1) is 0 Å². The van der Waals surface area contributed by atoms with Crippen molar-refractivity contribution in [2.24, 2.45) is 0 Å². The van der Waals surface area contributed by atoms with Gasteiger partial charge in [-0.2, -0.15) is 39.5 Å². The Kier molecular flexibility index (Phi) is 9.86. The average molecular weight is 544 g/mol. The number of fused-ring (bicyclic) bond motifs is 1. The highest BCUT2D eigenvalue weighted by atomic mass is 19.4. The molecule has 0 radical (unpaired) electrons. The maximum Gasteiger partial charge on any atom is 0.416 e. The molecule has 1 aliphatic heterocycles. The van der Waals surface area contributed by atoms with E-state index in [1.165, 1.54) is 6.07 Å². The van der Waals surface area contributed by atoms with Crippen LogP contribution in [-0.2, 0) is 34.6 Å². The van der Waals surface area contributed by atoms with Crippen molar-refractivity contribution in [3.8, 4) is 0 Å². The van der Waals surface area contributed by atoms with Crippen LogP contribution in [0.3, 0.4) is 0 Å². The highest BCUT2D eigenvalue weighted by Gasteiger charge is 2.37. The molecule has 2 aromatic carbocycles. The minimum Gasteiger partial charge on any atom is -0.468 e. The molecule has 2 atom stereocenters. The molecule has 4 nitrogen and oxygen atoms in total. The van der Waals surface area contributed by atoms with Crippen LogP contribution in [0.2, 0.25) is 0 Å². The van der Waals surface area contributed by atoms with Gasteiger partial charge in [0.15, 0.2) is 0 Å². The second-order valence-electron chi connectivity index (χ2n) is 8.40. The summed E-state index contributed by atoms with van der Waals surface area (Å²) in [5.74, 6) is 0. The summed E-state index contributed by atoms with van der Waals surface area (Å²) in [6.07, 6.45) is -13.4. The highest BCUT2D eigenvalue weighted by Crippen LogP contribution is 2.39. The van der Waals surface area contributed by atoms with Crippen LogP contribution in [0.4, 0.5) is 45.2 Å². The van der Waals surface area contributed by atoms with Gasteiger partial charge in [0, 0.05) is 24.3 Å². The normalized spacial score (nSPS) is 17.7. The third kappa shape index (κ3) is 8.83. The SMILES string of the molecule is CC1CC(NCc2cc(C(F)(F)F)cc(C(F)(F)F)c2)c2cc(C(F)(F)F)ccc2N1.CCCOC=O. The first-order valence-electron chi connectivity index (χ1n) is 11.1. The van der Waals surface area contributed by atoms with Gasteiger partial charge in [-0.25, -0.2) is 0 Å². The Morgan fingerprint density at radius 3 is 1.95 bits per heavy atom. The second-order valence-corrected chi connectivity index (χ2v) is 8.40. The Balaban J connectivity index is 0.000000717. The molecule has 206 valence electrons. The van der Waals surface area contributed by atoms with Crippen LogP contribution in [-0.4, -0.2) is 19.1 Å². The van der Waals surface area contributed by atoms with Crippen LogP contribution in [0.15, 0.2) is 36.4 Å². The standard InChI is InChI=1S/C20H17F9N2.C4H8O2/c1-10-4-17(15-8-12(18(21,22)23)2-3-16(15)31-10)30-9-11-5-13(19(24,25)26)7-14(6-11)20(27,28)29;1-2-3-6-4-5/h2-3,5-8,10,17,30-31H,4,9H2,1H3;4H,2-3H2,1H3. The van der Waals surface area contributed by atoms with Crippen LogP contribution in [0.1, 0.15) is 60.5 Å². The lowest BCUT2D eigenvalue weighted by Crippen LogP contribution is -2.33. The third-order valence-corrected chi connectivity index (χ3v) is 5.34. The number of benzene rings is 2. The molecule has 2 aromatic rings. The fraction of sp³-hybridized carbons (Fsp3) is 0.458. The van der Waals surface area contributed by atoms with Crippen LogP contribution in [0, 0.1) is 0 Å². The molecule has 0 aromatic heterocycles. The number of alkyl halides is 9. The molecular formula is C24H25F9N2O2. The summed E-state index contributed by atoms with van der Waals surface area (Å²) < 4.78 is 122. The summed E-state index contributed by atoms with van der Waals surface area (Å²) in [5, 5.41) is 5.84. The summed E-state index contributed by atoms with van der Waals surface area (Å²) in [6.45, 7) is 4.33. The average Bonchev–Trinajstić information content (AvgIpc) is 2.79. The molecule has 2 unspecified atom stereocenters. The smallest absolute Gasteiger partial charge is 0.416 e. The zero-order chi connectivity index (χ0) is 28.0. The van der Waals surface area contributed by atoms with E-state index in [1.54, 1.807) is 6.92 Å². The van der Waals surface area contributed by atoms with Gasteiger partial charge < -0.3 is 15.4 Å². The molecule has 0 spiro atoms. The van der Waals surface area contributed by atoms with Crippen LogP contribution in [0.25, 0.3) is 0 Å². The maximum absolute atomic E-state index is 13.1. The van der Waals surface area contributed by atoms with Crippen molar-refractivity contribution in [1.82, 2.24) is 5.32 Å². The van der Waals surface area contributed by atoms with Crippen LogP contribution in [0.5, 0.6) is 0 Å². The maximum atomic E-state index is 13.1. The minimum absolute atomic E-state index is 0.0288. The van der Waals surface area contributed by atoms with E-state index in [9.17, 15) is 44.3 Å². The Hall–Kier alpha value is -2.96. The molecule has 0 saturated carbocycles.